The summed E-state index contributed by atoms with van der Waals surface area (Å²) in [6.07, 6.45) is 8.01. The Morgan fingerprint density at radius 2 is 2.05 bits per heavy atom. The van der Waals surface area contributed by atoms with Gasteiger partial charge >= 0.3 is 0 Å². The van der Waals surface area contributed by atoms with E-state index >= 15 is 0 Å². The first-order chi connectivity index (χ1) is 9.24. The predicted molar refractivity (Wildman–Crippen MR) is 83.9 cm³/mol. The van der Waals surface area contributed by atoms with Crippen LogP contribution in [0, 0.1) is 9.49 Å². The van der Waals surface area contributed by atoms with Crippen molar-refractivity contribution in [1.29, 1.82) is 0 Å². The summed E-state index contributed by atoms with van der Waals surface area (Å²) in [6.45, 7) is 0.721. The molecule has 0 unspecified atom stereocenters. The molecule has 102 valence electrons. The molecule has 1 saturated carbocycles. The van der Waals surface area contributed by atoms with Crippen molar-refractivity contribution in [2.75, 3.05) is 6.61 Å². The minimum Gasteiger partial charge on any atom is -0.492 e. The van der Waals surface area contributed by atoms with Crippen LogP contribution in [-0.4, -0.2) is 12.4 Å². The molecule has 1 fully saturated rings. The van der Waals surface area contributed by atoms with Crippen molar-refractivity contribution in [2.45, 2.75) is 44.9 Å². The number of halogens is 1. The molecule has 2 aliphatic rings. The molecule has 1 aliphatic carbocycles. The van der Waals surface area contributed by atoms with E-state index in [0.29, 0.717) is 12.3 Å². The molecule has 0 N–H and O–H groups in total. The summed E-state index contributed by atoms with van der Waals surface area (Å²) in [5.74, 6) is 1.74. The molecule has 1 aromatic carbocycles. The Bertz CT molecular complexity index is 490. The van der Waals surface area contributed by atoms with E-state index in [1.54, 1.807) is 0 Å². The molecular weight excluding hydrogens is 351 g/mol. The quantitative estimate of drug-likeness (QED) is 0.583. The summed E-state index contributed by atoms with van der Waals surface area (Å²) in [4.78, 5) is 12.5. The van der Waals surface area contributed by atoms with Gasteiger partial charge in [0.1, 0.15) is 5.75 Å². The number of ether oxygens (including phenoxy) is 1. The van der Waals surface area contributed by atoms with Gasteiger partial charge in [-0.1, -0.05) is 32.1 Å². The third-order valence-corrected chi connectivity index (χ3v) is 4.87. The fraction of sp³-hybridized carbons (Fsp3) is 0.562. The Kier molecular flexibility index (Phi) is 4.10. The second-order valence-electron chi connectivity index (χ2n) is 5.67. The Hall–Kier alpha value is -0.580. The second-order valence-corrected chi connectivity index (χ2v) is 6.92. The van der Waals surface area contributed by atoms with Crippen LogP contribution in [0.3, 0.4) is 0 Å². The van der Waals surface area contributed by atoms with Crippen molar-refractivity contribution in [3.8, 4) is 5.75 Å². The minimum atomic E-state index is 0.281. The SMILES string of the molecule is O=C(CC1CCCCC1)c1cc(I)cc2c1OCC2. The van der Waals surface area contributed by atoms with E-state index < -0.39 is 0 Å². The maximum atomic E-state index is 12.5. The largest absolute Gasteiger partial charge is 0.492 e. The van der Waals surface area contributed by atoms with Gasteiger partial charge in [0, 0.05) is 16.4 Å². The number of carbonyl (C=O) groups is 1. The molecular formula is C16H19IO2. The van der Waals surface area contributed by atoms with Crippen LogP contribution < -0.4 is 4.74 Å². The molecule has 19 heavy (non-hydrogen) atoms. The standard InChI is InChI=1S/C16H19IO2/c17-13-9-12-6-7-19-16(12)14(10-13)15(18)8-11-4-2-1-3-5-11/h9-11H,1-8H2. The first kappa shape index (κ1) is 13.4. The molecule has 0 spiro atoms. The Morgan fingerprint density at radius 3 is 2.84 bits per heavy atom. The fourth-order valence-electron chi connectivity index (χ4n) is 3.24. The number of Topliss-reactive ketones (excluding diaryl/α,β-unsaturated/α-hetero) is 1. The van der Waals surface area contributed by atoms with Crippen molar-refractivity contribution in [1.82, 2.24) is 0 Å². The number of benzene rings is 1. The number of hydrogen-bond acceptors (Lipinski definition) is 2. The highest BCUT2D eigenvalue weighted by Gasteiger charge is 2.24. The summed E-state index contributed by atoms with van der Waals surface area (Å²) in [6, 6.07) is 4.14. The van der Waals surface area contributed by atoms with Crippen molar-refractivity contribution >= 4 is 28.4 Å². The van der Waals surface area contributed by atoms with E-state index in [4.69, 9.17) is 4.74 Å². The van der Waals surface area contributed by atoms with Crippen LogP contribution in [0.1, 0.15) is 54.4 Å². The van der Waals surface area contributed by atoms with Crippen LogP contribution in [0.4, 0.5) is 0 Å². The lowest BCUT2D eigenvalue weighted by molar-refractivity contribution is 0.0947. The van der Waals surface area contributed by atoms with E-state index in [2.05, 4.69) is 28.7 Å². The second kappa shape index (κ2) is 5.81. The lowest BCUT2D eigenvalue weighted by Crippen LogP contribution is -2.13. The van der Waals surface area contributed by atoms with Crippen molar-refractivity contribution in [3.63, 3.8) is 0 Å². The number of fused-ring (bicyclic) bond motifs is 1. The van der Waals surface area contributed by atoms with Gasteiger partial charge in [-0.2, -0.15) is 0 Å². The molecule has 1 heterocycles. The number of carbonyl (C=O) groups excluding carboxylic acids is 1. The topological polar surface area (TPSA) is 26.3 Å². The zero-order valence-corrected chi connectivity index (χ0v) is 13.2. The average Bonchev–Trinajstić information content (AvgIpc) is 2.86. The van der Waals surface area contributed by atoms with Crippen LogP contribution in [0.5, 0.6) is 5.75 Å². The Labute approximate surface area is 128 Å². The molecule has 0 aromatic heterocycles. The van der Waals surface area contributed by atoms with Crippen LogP contribution in [-0.2, 0) is 6.42 Å². The summed E-state index contributed by atoms with van der Waals surface area (Å²) in [5.41, 5.74) is 2.03. The van der Waals surface area contributed by atoms with Crippen LogP contribution in [0.2, 0.25) is 0 Å². The summed E-state index contributed by atoms with van der Waals surface area (Å²) in [7, 11) is 0. The minimum absolute atomic E-state index is 0.281. The van der Waals surface area contributed by atoms with Gasteiger partial charge < -0.3 is 4.74 Å². The Morgan fingerprint density at radius 1 is 1.26 bits per heavy atom. The van der Waals surface area contributed by atoms with Gasteiger partial charge in [-0.25, -0.2) is 0 Å². The van der Waals surface area contributed by atoms with Crippen molar-refractivity contribution in [3.05, 3.63) is 26.8 Å². The summed E-state index contributed by atoms with van der Waals surface area (Å²) >= 11 is 2.30. The highest BCUT2D eigenvalue weighted by molar-refractivity contribution is 14.1. The zero-order chi connectivity index (χ0) is 13.2. The van der Waals surface area contributed by atoms with E-state index in [1.807, 2.05) is 6.07 Å². The molecule has 0 atom stereocenters. The molecule has 2 nitrogen and oxygen atoms in total. The van der Waals surface area contributed by atoms with Crippen LogP contribution >= 0.6 is 22.6 Å². The molecule has 1 aliphatic heterocycles. The van der Waals surface area contributed by atoms with E-state index in [0.717, 1.165) is 27.9 Å². The Balaban J connectivity index is 1.79. The van der Waals surface area contributed by atoms with Gasteiger partial charge in [-0.05, 0) is 46.2 Å². The molecule has 3 rings (SSSR count). The predicted octanol–water partition coefficient (Wildman–Crippen LogP) is 4.38. The lowest BCUT2D eigenvalue weighted by atomic mass is 9.84. The van der Waals surface area contributed by atoms with Gasteiger partial charge in [-0.15, -0.1) is 0 Å². The van der Waals surface area contributed by atoms with E-state index in [1.165, 1.54) is 37.7 Å². The average molecular weight is 370 g/mol. The molecule has 0 bridgehead atoms. The zero-order valence-electron chi connectivity index (χ0n) is 11.1. The molecule has 3 heteroatoms. The van der Waals surface area contributed by atoms with Crippen LogP contribution in [0.25, 0.3) is 0 Å². The highest BCUT2D eigenvalue weighted by atomic mass is 127. The normalized spacial score (nSPS) is 19.0. The number of hydrogen-bond donors (Lipinski definition) is 0. The molecule has 0 amide bonds. The third kappa shape index (κ3) is 2.96. The molecule has 0 saturated heterocycles. The first-order valence-corrected chi connectivity index (χ1v) is 8.30. The smallest absolute Gasteiger partial charge is 0.166 e. The lowest BCUT2D eigenvalue weighted by Gasteiger charge is -2.21. The van der Waals surface area contributed by atoms with Crippen LogP contribution in [0.15, 0.2) is 12.1 Å². The van der Waals surface area contributed by atoms with Crippen molar-refractivity contribution in [2.24, 2.45) is 5.92 Å². The number of rotatable bonds is 3. The van der Waals surface area contributed by atoms with Gasteiger partial charge in [0.25, 0.3) is 0 Å². The summed E-state index contributed by atoms with van der Waals surface area (Å²) < 4.78 is 6.82. The molecule has 0 radical (unpaired) electrons. The van der Waals surface area contributed by atoms with Gasteiger partial charge in [0.2, 0.25) is 0 Å². The van der Waals surface area contributed by atoms with E-state index in [9.17, 15) is 4.79 Å². The van der Waals surface area contributed by atoms with Gasteiger partial charge in [-0.3, -0.25) is 4.79 Å². The summed E-state index contributed by atoms with van der Waals surface area (Å²) in [5, 5.41) is 0. The fourth-order valence-corrected chi connectivity index (χ4v) is 3.93. The maximum absolute atomic E-state index is 12.5. The molecule has 1 aromatic rings. The third-order valence-electron chi connectivity index (χ3n) is 4.25. The maximum Gasteiger partial charge on any atom is 0.166 e. The van der Waals surface area contributed by atoms with Crippen molar-refractivity contribution < 1.29 is 9.53 Å². The number of ketones is 1. The first-order valence-electron chi connectivity index (χ1n) is 7.22. The van der Waals surface area contributed by atoms with E-state index in [-0.39, 0.29) is 5.78 Å². The monoisotopic (exact) mass is 370 g/mol. The van der Waals surface area contributed by atoms with Gasteiger partial charge in [0.05, 0.1) is 12.2 Å². The van der Waals surface area contributed by atoms with Gasteiger partial charge in [0.15, 0.2) is 5.78 Å². The highest BCUT2D eigenvalue weighted by Crippen LogP contribution is 2.34.